The Morgan fingerprint density at radius 2 is 2.32 bits per heavy atom. The van der Waals surface area contributed by atoms with Gasteiger partial charge in [0.2, 0.25) is 0 Å². The smallest absolute Gasteiger partial charge is 0.270 e. The van der Waals surface area contributed by atoms with Crippen LogP contribution in [-0.4, -0.2) is 72.5 Å². The molecule has 1 aromatic rings. The van der Waals surface area contributed by atoms with Gasteiger partial charge in [-0.2, -0.15) is 0 Å². The van der Waals surface area contributed by atoms with Crippen LogP contribution in [0.5, 0.6) is 0 Å². The minimum atomic E-state index is -0.119. The van der Waals surface area contributed by atoms with E-state index in [0.29, 0.717) is 11.6 Å². The average Bonchev–Trinajstić information content (AvgIpc) is 2.69. The summed E-state index contributed by atoms with van der Waals surface area (Å²) in [6, 6.07) is 1.81. The number of amides is 1. The number of carbonyl (C=O) groups excluding carboxylic acids is 1. The summed E-state index contributed by atoms with van der Waals surface area (Å²) in [7, 11) is 6.20. The van der Waals surface area contributed by atoms with E-state index >= 15 is 0 Å². The highest BCUT2D eigenvalue weighted by Crippen LogP contribution is 2.16. The van der Waals surface area contributed by atoms with E-state index in [1.165, 1.54) is 6.33 Å². The van der Waals surface area contributed by atoms with Crippen LogP contribution in [0.3, 0.4) is 0 Å². The lowest BCUT2D eigenvalue weighted by atomic mass is 10.0. The number of rotatable bonds is 4. The molecule has 6 heteroatoms. The molecule has 1 fully saturated rings. The van der Waals surface area contributed by atoms with Gasteiger partial charge in [0, 0.05) is 37.8 Å². The highest BCUT2D eigenvalue weighted by Gasteiger charge is 2.32. The molecule has 1 saturated heterocycles. The zero-order valence-corrected chi connectivity index (χ0v) is 11.7. The van der Waals surface area contributed by atoms with Gasteiger partial charge in [-0.1, -0.05) is 0 Å². The van der Waals surface area contributed by atoms with Crippen molar-refractivity contribution in [2.75, 3.05) is 40.8 Å². The molecular weight excluding hydrogens is 242 g/mol. The van der Waals surface area contributed by atoms with Crippen molar-refractivity contribution in [1.82, 2.24) is 25.1 Å². The molecular formula is C13H21N5O. The fourth-order valence-electron chi connectivity index (χ4n) is 2.57. The largest absolute Gasteiger partial charge is 0.346 e. The van der Waals surface area contributed by atoms with Crippen LogP contribution in [0, 0.1) is 5.92 Å². The van der Waals surface area contributed by atoms with Gasteiger partial charge in [0.1, 0.15) is 12.0 Å². The van der Waals surface area contributed by atoms with Crippen LogP contribution in [0.1, 0.15) is 10.5 Å². The van der Waals surface area contributed by atoms with Crippen molar-refractivity contribution in [1.29, 1.82) is 0 Å². The fourth-order valence-corrected chi connectivity index (χ4v) is 2.57. The summed E-state index contributed by atoms with van der Waals surface area (Å²) in [6.45, 7) is 2.86. The van der Waals surface area contributed by atoms with Crippen LogP contribution >= 0.6 is 0 Å². The lowest BCUT2D eigenvalue weighted by molar-refractivity contribution is 0.0922. The van der Waals surface area contributed by atoms with Crippen molar-refractivity contribution < 1.29 is 4.79 Å². The molecule has 0 saturated carbocycles. The normalized spacial score (nSPS) is 23.8. The predicted octanol–water partition coefficient (Wildman–Crippen LogP) is -0.302. The van der Waals surface area contributed by atoms with Crippen molar-refractivity contribution in [3.8, 4) is 0 Å². The van der Waals surface area contributed by atoms with Gasteiger partial charge in [-0.3, -0.25) is 4.79 Å². The van der Waals surface area contributed by atoms with Crippen molar-refractivity contribution in [3.05, 3.63) is 24.3 Å². The summed E-state index contributed by atoms with van der Waals surface area (Å²) in [5.74, 6) is 0.331. The van der Waals surface area contributed by atoms with E-state index in [2.05, 4.69) is 46.2 Å². The van der Waals surface area contributed by atoms with Gasteiger partial charge >= 0.3 is 0 Å². The molecule has 0 radical (unpaired) electrons. The standard InChI is InChI=1S/C13H21N5O/c1-17(2)6-10-7-18(3)8-12(10)16-13(19)11-4-5-14-9-15-11/h4-5,9-10,12H,6-8H2,1-3H3,(H,16,19)/t10-,12-/m1/s1. The Kier molecular flexibility index (Phi) is 4.44. The van der Waals surface area contributed by atoms with Gasteiger partial charge in [-0.05, 0) is 27.2 Å². The second-order valence-corrected chi connectivity index (χ2v) is 5.42. The third-order valence-corrected chi connectivity index (χ3v) is 3.35. The first-order valence-electron chi connectivity index (χ1n) is 6.46. The summed E-state index contributed by atoms with van der Waals surface area (Å²) >= 11 is 0. The molecule has 2 atom stereocenters. The van der Waals surface area contributed by atoms with Gasteiger partial charge in [-0.25, -0.2) is 9.97 Å². The number of carbonyl (C=O) groups is 1. The molecule has 0 aliphatic carbocycles. The Bertz CT molecular complexity index is 422. The quantitative estimate of drug-likeness (QED) is 0.808. The van der Waals surface area contributed by atoms with Crippen LogP contribution in [0.15, 0.2) is 18.6 Å². The number of likely N-dealkylation sites (tertiary alicyclic amines) is 1. The third-order valence-electron chi connectivity index (χ3n) is 3.35. The number of nitrogens with zero attached hydrogens (tertiary/aromatic N) is 4. The van der Waals surface area contributed by atoms with Gasteiger partial charge < -0.3 is 15.1 Å². The average molecular weight is 263 g/mol. The van der Waals surface area contributed by atoms with Crippen LogP contribution in [-0.2, 0) is 0 Å². The van der Waals surface area contributed by atoms with E-state index in [1.54, 1.807) is 12.3 Å². The van der Waals surface area contributed by atoms with Crippen molar-refractivity contribution in [2.45, 2.75) is 6.04 Å². The molecule has 0 aromatic carbocycles. The summed E-state index contributed by atoms with van der Waals surface area (Å²) < 4.78 is 0. The van der Waals surface area contributed by atoms with E-state index < -0.39 is 0 Å². The molecule has 1 amide bonds. The number of hydrogen-bond donors (Lipinski definition) is 1. The Morgan fingerprint density at radius 1 is 1.53 bits per heavy atom. The first-order valence-corrected chi connectivity index (χ1v) is 6.46. The predicted molar refractivity (Wildman–Crippen MR) is 72.8 cm³/mol. The maximum Gasteiger partial charge on any atom is 0.270 e. The van der Waals surface area contributed by atoms with E-state index in [4.69, 9.17) is 0 Å². The molecule has 0 unspecified atom stereocenters. The molecule has 1 aliphatic heterocycles. The minimum absolute atomic E-state index is 0.119. The van der Waals surface area contributed by atoms with Crippen LogP contribution in [0.4, 0.5) is 0 Å². The maximum absolute atomic E-state index is 12.1. The van der Waals surface area contributed by atoms with Crippen molar-refractivity contribution in [2.24, 2.45) is 5.92 Å². The number of likely N-dealkylation sites (N-methyl/N-ethyl adjacent to an activating group) is 1. The first kappa shape index (κ1) is 13.9. The second-order valence-electron chi connectivity index (χ2n) is 5.42. The molecule has 0 bridgehead atoms. The summed E-state index contributed by atoms with van der Waals surface area (Å²) in [6.07, 6.45) is 2.98. The Balaban J connectivity index is 1.99. The summed E-state index contributed by atoms with van der Waals surface area (Å²) in [4.78, 5) is 24.3. The van der Waals surface area contributed by atoms with Gasteiger partial charge in [0.15, 0.2) is 0 Å². The zero-order valence-electron chi connectivity index (χ0n) is 11.7. The van der Waals surface area contributed by atoms with E-state index in [1.807, 2.05) is 0 Å². The number of aromatic nitrogens is 2. The van der Waals surface area contributed by atoms with Crippen LogP contribution < -0.4 is 5.32 Å². The zero-order chi connectivity index (χ0) is 13.8. The van der Waals surface area contributed by atoms with E-state index in [0.717, 1.165) is 19.6 Å². The van der Waals surface area contributed by atoms with Gasteiger partial charge in [0.25, 0.3) is 5.91 Å². The monoisotopic (exact) mass is 263 g/mol. The summed E-state index contributed by atoms with van der Waals surface area (Å²) in [5.41, 5.74) is 0.424. The molecule has 2 heterocycles. The molecule has 1 N–H and O–H groups in total. The minimum Gasteiger partial charge on any atom is -0.346 e. The molecule has 1 aromatic heterocycles. The van der Waals surface area contributed by atoms with Gasteiger partial charge in [-0.15, -0.1) is 0 Å². The topological polar surface area (TPSA) is 61.4 Å². The van der Waals surface area contributed by atoms with E-state index in [9.17, 15) is 4.79 Å². The Morgan fingerprint density at radius 3 is 2.95 bits per heavy atom. The molecule has 19 heavy (non-hydrogen) atoms. The maximum atomic E-state index is 12.1. The van der Waals surface area contributed by atoms with Crippen LogP contribution in [0.2, 0.25) is 0 Å². The SMILES string of the molecule is CN(C)C[C@@H]1CN(C)C[C@H]1NC(=O)c1ccncn1. The highest BCUT2D eigenvalue weighted by molar-refractivity contribution is 5.92. The van der Waals surface area contributed by atoms with Crippen molar-refractivity contribution >= 4 is 5.91 Å². The van der Waals surface area contributed by atoms with Gasteiger partial charge in [0.05, 0.1) is 0 Å². The van der Waals surface area contributed by atoms with E-state index in [-0.39, 0.29) is 11.9 Å². The molecule has 104 valence electrons. The number of hydrogen-bond acceptors (Lipinski definition) is 5. The van der Waals surface area contributed by atoms with Crippen LogP contribution in [0.25, 0.3) is 0 Å². The molecule has 6 nitrogen and oxygen atoms in total. The molecule has 2 rings (SSSR count). The Labute approximate surface area is 113 Å². The highest BCUT2D eigenvalue weighted by atomic mass is 16.2. The Hall–Kier alpha value is -1.53. The molecule has 0 spiro atoms. The fraction of sp³-hybridized carbons (Fsp3) is 0.615. The second kappa shape index (κ2) is 6.08. The lowest BCUT2D eigenvalue weighted by Crippen LogP contribution is -2.43. The third kappa shape index (κ3) is 3.71. The molecule has 1 aliphatic rings. The lowest BCUT2D eigenvalue weighted by Gasteiger charge is -2.22. The summed E-state index contributed by atoms with van der Waals surface area (Å²) in [5, 5.41) is 3.08. The number of nitrogens with one attached hydrogen (secondary N) is 1. The van der Waals surface area contributed by atoms with Crippen molar-refractivity contribution in [3.63, 3.8) is 0 Å². The first-order chi connectivity index (χ1) is 9.06.